The van der Waals surface area contributed by atoms with E-state index in [2.05, 4.69) is 55.4 Å². The summed E-state index contributed by atoms with van der Waals surface area (Å²) in [5.74, 6) is 0.878. The number of rotatable bonds is 73. The van der Waals surface area contributed by atoms with E-state index in [0.717, 1.165) is 114 Å². The van der Waals surface area contributed by atoms with E-state index in [1.165, 1.54) is 180 Å². The summed E-state index contributed by atoms with van der Waals surface area (Å²) in [6.45, 7) is 14.1. The first-order valence-corrected chi connectivity index (χ1v) is 42.2. The van der Waals surface area contributed by atoms with E-state index in [0.29, 0.717) is 31.6 Å². The lowest BCUT2D eigenvalue weighted by Gasteiger charge is -2.21. The van der Waals surface area contributed by atoms with E-state index in [1.54, 1.807) is 0 Å². The van der Waals surface area contributed by atoms with Crippen molar-refractivity contribution < 1.29 is 80.2 Å². The molecule has 0 aromatic heterocycles. The van der Waals surface area contributed by atoms with Gasteiger partial charge in [0.25, 0.3) is 0 Å². The Bertz CT molecular complexity index is 1870. The summed E-state index contributed by atoms with van der Waals surface area (Å²) in [6.07, 6.45) is 50.2. The topological polar surface area (TPSA) is 237 Å². The fourth-order valence-corrected chi connectivity index (χ4v) is 13.1. The SMILES string of the molecule is CC(C)CCCCCCCCCCCCCCCCCCCCC(=O)O[C@H](COC(=O)CCCCCCCCCCCCC(C)C)COP(=O)(O)OCC(O)COP(=O)(O)OC[C@@H](COC(=O)CCCCCCCCCC(C)C)OC(=O)CCCCCCCCCCC(C)C. The maximum atomic E-state index is 13.1. The molecule has 0 aromatic rings. The van der Waals surface area contributed by atoms with Gasteiger partial charge in [0.1, 0.15) is 19.3 Å². The summed E-state index contributed by atoms with van der Waals surface area (Å²) in [7, 11) is -9.91. The average Bonchev–Trinajstić information content (AvgIpc) is 1.24. The summed E-state index contributed by atoms with van der Waals surface area (Å²) in [4.78, 5) is 72.7. The number of ether oxygens (including phenoxy) is 4. The van der Waals surface area contributed by atoms with Crippen molar-refractivity contribution in [2.45, 2.75) is 401 Å². The Labute approximate surface area is 581 Å². The Kier molecular flexibility index (Phi) is 64.0. The number of aliphatic hydroxyl groups excluding tert-OH is 1. The van der Waals surface area contributed by atoms with Gasteiger partial charge in [-0.15, -0.1) is 0 Å². The molecule has 0 bridgehead atoms. The van der Waals surface area contributed by atoms with Crippen LogP contribution in [0.15, 0.2) is 0 Å². The fraction of sp³-hybridized carbons (Fsp3) is 0.947. The lowest BCUT2D eigenvalue weighted by atomic mass is 10.0. The Morgan fingerprint density at radius 3 is 0.653 bits per heavy atom. The first kappa shape index (κ1) is 93.1. The molecule has 0 heterocycles. The van der Waals surface area contributed by atoms with Crippen molar-refractivity contribution in [2.24, 2.45) is 23.7 Å². The molecule has 5 atom stereocenters. The van der Waals surface area contributed by atoms with Crippen molar-refractivity contribution in [3.05, 3.63) is 0 Å². The smallest absolute Gasteiger partial charge is 0.462 e. The number of esters is 4. The molecule has 0 spiro atoms. The van der Waals surface area contributed by atoms with Gasteiger partial charge in [-0.3, -0.25) is 37.3 Å². The Hall–Kier alpha value is -1.94. The van der Waals surface area contributed by atoms with Gasteiger partial charge >= 0.3 is 39.5 Å². The van der Waals surface area contributed by atoms with Crippen LogP contribution in [0.4, 0.5) is 0 Å². The van der Waals surface area contributed by atoms with Gasteiger partial charge in [-0.2, -0.15) is 0 Å². The molecular weight excluding hydrogens is 1250 g/mol. The second kappa shape index (κ2) is 65.4. The van der Waals surface area contributed by atoms with Crippen LogP contribution in [0.3, 0.4) is 0 Å². The molecule has 0 aliphatic heterocycles. The summed E-state index contributed by atoms with van der Waals surface area (Å²) < 4.78 is 68.5. The normalized spacial score (nSPS) is 14.1. The third-order valence-corrected chi connectivity index (χ3v) is 19.5. The lowest BCUT2D eigenvalue weighted by Crippen LogP contribution is -2.30. The van der Waals surface area contributed by atoms with E-state index in [-0.39, 0.29) is 25.7 Å². The van der Waals surface area contributed by atoms with Crippen molar-refractivity contribution in [1.82, 2.24) is 0 Å². The number of aliphatic hydroxyl groups is 1. The van der Waals surface area contributed by atoms with Gasteiger partial charge in [-0.1, -0.05) is 331 Å². The minimum absolute atomic E-state index is 0.103. The second-order valence-corrected chi connectivity index (χ2v) is 32.2. The summed E-state index contributed by atoms with van der Waals surface area (Å²) in [5.41, 5.74) is 0. The highest BCUT2D eigenvalue weighted by Crippen LogP contribution is 2.45. The number of hydrogen-bond donors (Lipinski definition) is 3. The highest BCUT2D eigenvalue weighted by molar-refractivity contribution is 7.47. The Morgan fingerprint density at radius 1 is 0.263 bits per heavy atom. The van der Waals surface area contributed by atoms with Crippen molar-refractivity contribution in [3.8, 4) is 0 Å². The molecule has 0 fully saturated rings. The predicted molar refractivity (Wildman–Crippen MR) is 386 cm³/mol. The zero-order chi connectivity index (χ0) is 70.3. The minimum Gasteiger partial charge on any atom is -0.462 e. The standard InChI is InChI=1S/C76H148O17P2/c1-66(2)52-44-36-28-21-17-15-13-11-9-10-12-14-16-18-24-33-42-50-58-75(80)92-71(62-86-73(78)56-48-40-32-23-20-19-22-29-37-45-53-67(3)4)64-90-94(82,83)88-60-70(77)61-89-95(84,85)91-65-72(63-87-74(79)57-49-41-35-27-31-39-47-55-69(7)8)93-76(81)59-51-43-34-26-25-30-38-46-54-68(5)6/h66-72,77H,9-65H2,1-8H3,(H,82,83)(H,84,85)/t70?,71-,72-/m1/s1. The molecule has 0 aliphatic rings. The molecule has 95 heavy (non-hydrogen) atoms. The van der Waals surface area contributed by atoms with Crippen molar-refractivity contribution in [3.63, 3.8) is 0 Å². The number of carbonyl (C=O) groups excluding carboxylic acids is 4. The molecule has 0 radical (unpaired) electrons. The molecule has 0 aliphatic carbocycles. The van der Waals surface area contributed by atoms with Crippen LogP contribution in [0.1, 0.15) is 383 Å². The van der Waals surface area contributed by atoms with Crippen LogP contribution in [0.25, 0.3) is 0 Å². The van der Waals surface area contributed by atoms with Gasteiger partial charge in [-0.25, -0.2) is 9.13 Å². The first-order chi connectivity index (χ1) is 45.6. The Morgan fingerprint density at radius 2 is 0.442 bits per heavy atom. The average molecular weight is 1400 g/mol. The molecule has 3 N–H and O–H groups in total. The molecule has 0 saturated carbocycles. The van der Waals surface area contributed by atoms with E-state index < -0.39 is 97.5 Å². The van der Waals surface area contributed by atoms with Crippen molar-refractivity contribution >= 4 is 39.5 Å². The number of unbranched alkanes of at least 4 members (excludes halogenated alkanes) is 39. The van der Waals surface area contributed by atoms with Crippen LogP contribution < -0.4 is 0 Å². The first-order valence-electron chi connectivity index (χ1n) is 39.2. The Balaban J connectivity index is 5.20. The van der Waals surface area contributed by atoms with Crippen LogP contribution in [-0.4, -0.2) is 96.7 Å². The van der Waals surface area contributed by atoms with E-state index in [1.807, 2.05) is 0 Å². The zero-order valence-corrected chi connectivity index (χ0v) is 64.1. The number of hydrogen-bond acceptors (Lipinski definition) is 15. The number of phosphoric ester groups is 2. The monoisotopic (exact) mass is 1400 g/mol. The van der Waals surface area contributed by atoms with Crippen LogP contribution in [0.5, 0.6) is 0 Å². The third kappa shape index (κ3) is 70.3. The third-order valence-electron chi connectivity index (χ3n) is 17.6. The zero-order valence-electron chi connectivity index (χ0n) is 62.3. The highest BCUT2D eigenvalue weighted by Gasteiger charge is 2.30. The molecule has 0 amide bonds. The number of carbonyl (C=O) groups is 4. The van der Waals surface area contributed by atoms with Crippen molar-refractivity contribution in [1.29, 1.82) is 0 Å². The lowest BCUT2D eigenvalue weighted by molar-refractivity contribution is -0.161. The molecule has 19 heteroatoms. The largest absolute Gasteiger partial charge is 0.472 e. The molecule has 0 aromatic carbocycles. The van der Waals surface area contributed by atoms with Crippen LogP contribution in [-0.2, 0) is 65.4 Å². The molecule has 17 nitrogen and oxygen atoms in total. The minimum atomic E-state index is -4.96. The predicted octanol–water partition coefficient (Wildman–Crippen LogP) is 22.0. The van der Waals surface area contributed by atoms with Gasteiger partial charge in [0.2, 0.25) is 0 Å². The molecule has 0 saturated heterocycles. The van der Waals surface area contributed by atoms with Crippen molar-refractivity contribution in [2.75, 3.05) is 39.6 Å². The quantitative estimate of drug-likeness (QED) is 0.0222. The maximum Gasteiger partial charge on any atom is 0.472 e. The maximum absolute atomic E-state index is 13.1. The molecule has 3 unspecified atom stereocenters. The molecule has 0 rings (SSSR count). The van der Waals surface area contributed by atoms with Crippen LogP contribution in [0, 0.1) is 23.7 Å². The van der Waals surface area contributed by atoms with E-state index in [4.69, 9.17) is 37.0 Å². The summed E-state index contributed by atoms with van der Waals surface area (Å²) in [5, 5.41) is 10.6. The fourth-order valence-electron chi connectivity index (χ4n) is 11.6. The van der Waals surface area contributed by atoms with E-state index in [9.17, 15) is 43.2 Å². The van der Waals surface area contributed by atoms with E-state index >= 15 is 0 Å². The van der Waals surface area contributed by atoms with Crippen LogP contribution in [0.2, 0.25) is 0 Å². The molecular formula is C76H148O17P2. The highest BCUT2D eigenvalue weighted by atomic mass is 31.2. The van der Waals surface area contributed by atoms with Gasteiger partial charge in [0.15, 0.2) is 12.2 Å². The van der Waals surface area contributed by atoms with Gasteiger partial charge in [0.05, 0.1) is 26.4 Å². The van der Waals surface area contributed by atoms with Gasteiger partial charge < -0.3 is 33.8 Å². The summed E-state index contributed by atoms with van der Waals surface area (Å²) in [6, 6.07) is 0. The van der Waals surface area contributed by atoms with Gasteiger partial charge in [0, 0.05) is 25.7 Å². The summed E-state index contributed by atoms with van der Waals surface area (Å²) >= 11 is 0. The number of phosphoric acid groups is 2. The van der Waals surface area contributed by atoms with Crippen LogP contribution >= 0.6 is 15.6 Å². The second-order valence-electron chi connectivity index (χ2n) is 29.3. The molecule has 564 valence electrons. The van der Waals surface area contributed by atoms with Gasteiger partial charge in [-0.05, 0) is 49.4 Å².